The van der Waals surface area contributed by atoms with Crippen molar-refractivity contribution in [2.45, 2.75) is 72.3 Å². The molecule has 2 aromatic rings. The van der Waals surface area contributed by atoms with Crippen LogP contribution in [0, 0.1) is 22.7 Å². The van der Waals surface area contributed by atoms with E-state index < -0.39 is 11.0 Å². The fraction of sp³-hybridized carbons (Fsp3) is 0.625. The number of aromatic hydroxyl groups is 2. The van der Waals surface area contributed by atoms with E-state index in [1.807, 2.05) is 12.1 Å². The average molecular weight is 400 g/mol. The SMILES string of the molecule is CCC1(C)C(C)CCC2C(C)(C)C(=O)CCC21Oc1cccc2c(O)[nH]c(O)c12. The second-order valence-corrected chi connectivity index (χ2v) is 9.94. The number of carbonyl (C=O) groups excluding carboxylic acids is 1. The Bertz CT molecular complexity index is 961. The molecular formula is C24H33NO4. The number of rotatable bonds is 3. The van der Waals surface area contributed by atoms with E-state index in [0.29, 0.717) is 41.1 Å². The first-order valence-corrected chi connectivity index (χ1v) is 10.8. The molecule has 4 atom stereocenters. The zero-order valence-electron chi connectivity index (χ0n) is 18.1. The molecule has 0 amide bonds. The van der Waals surface area contributed by atoms with Crippen LogP contribution >= 0.6 is 0 Å². The molecule has 0 aliphatic heterocycles. The predicted molar refractivity (Wildman–Crippen MR) is 113 cm³/mol. The van der Waals surface area contributed by atoms with Gasteiger partial charge >= 0.3 is 0 Å². The second kappa shape index (κ2) is 6.41. The summed E-state index contributed by atoms with van der Waals surface area (Å²) in [6.07, 6.45) is 4.18. The van der Waals surface area contributed by atoms with Gasteiger partial charge in [-0.15, -0.1) is 0 Å². The topological polar surface area (TPSA) is 82.5 Å². The second-order valence-electron chi connectivity index (χ2n) is 9.94. The van der Waals surface area contributed by atoms with Crippen molar-refractivity contribution >= 4 is 16.6 Å². The number of hydrogen-bond acceptors (Lipinski definition) is 4. The summed E-state index contributed by atoms with van der Waals surface area (Å²) in [7, 11) is 0. The lowest BCUT2D eigenvalue weighted by Crippen LogP contribution is -2.67. The minimum atomic E-state index is -0.509. The van der Waals surface area contributed by atoms with E-state index in [9.17, 15) is 15.0 Å². The monoisotopic (exact) mass is 399 g/mol. The number of H-pyrrole nitrogens is 1. The van der Waals surface area contributed by atoms with Gasteiger partial charge in [0.25, 0.3) is 0 Å². The summed E-state index contributed by atoms with van der Waals surface area (Å²) in [4.78, 5) is 15.5. The van der Waals surface area contributed by atoms with Crippen molar-refractivity contribution in [3.8, 4) is 17.5 Å². The highest BCUT2D eigenvalue weighted by atomic mass is 16.5. The van der Waals surface area contributed by atoms with Gasteiger partial charge < -0.3 is 14.9 Å². The molecule has 5 nitrogen and oxygen atoms in total. The van der Waals surface area contributed by atoms with Crippen LogP contribution in [-0.2, 0) is 4.79 Å². The third-order valence-corrected chi connectivity index (χ3v) is 8.60. The maximum atomic E-state index is 12.9. The van der Waals surface area contributed by atoms with E-state index in [2.05, 4.69) is 39.6 Å². The molecule has 158 valence electrons. The minimum absolute atomic E-state index is 0.0635. The van der Waals surface area contributed by atoms with Crippen molar-refractivity contribution in [1.82, 2.24) is 4.98 Å². The highest BCUT2D eigenvalue weighted by Crippen LogP contribution is 2.63. The van der Waals surface area contributed by atoms with Gasteiger partial charge in [-0.2, -0.15) is 0 Å². The van der Waals surface area contributed by atoms with Gasteiger partial charge in [0, 0.05) is 23.2 Å². The van der Waals surface area contributed by atoms with Gasteiger partial charge in [-0.05, 0) is 43.7 Å². The molecule has 0 bridgehead atoms. The lowest BCUT2D eigenvalue weighted by molar-refractivity contribution is -0.202. The number of aromatic amines is 1. The van der Waals surface area contributed by atoms with Crippen molar-refractivity contribution in [3.63, 3.8) is 0 Å². The summed E-state index contributed by atoms with van der Waals surface area (Å²) in [5.74, 6) is 1.29. The molecule has 4 rings (SSSR count). The van der Waals surface area contributed by atoms with Gasteiger partial charge in [0.1, 0.15) is 17.1 Å². The van der Waals surface area contributed by atoms with E-state index in [1.165, 1.54) is 0 Å². The highest BCUT2D eigenvalue weighted by Gasteiger charge is 2.65. The Labute approximate surface area is 172 Å². The number of ether oxygens (including phenoxy) is 1. The maximum Gasteiger partial charge on any atom is 0.203 e. The molecule has 1 heterocycles. The van der Waals surface area contributed by atoms with Crippen LogP contribution in [0.4, 0.5) is 0 Å². The summed E-state index contributed by atoms with van der Waals surface area (Å²) in [6.45, 7) is 11.0. The Morgan fingerprint density at radius 3 is 2.59 bits per heavy atom. The number of fused-ring (bicyclic) bond motifs is 2. The van der Waals surface area contributed by atoms with Crippen molar-refractivity contribution in [1.29, 1.82) is 0 Å². The smallest absolute Gasteiger partial charge is 0.203 e. The zero-order valence-corrected chi connectivity index (χ0v) is 18.1. The molecule has 0 spiro atoms. The lowest BCUT2D eigenvalue weighted by atomic mass is 9.45. The number of nitrogens with one attached hydrogen (secondary N) is 1. The molecule has 3 N–H and O–H groups in total. The Morgan fingerprint density at radius 1 is 1.17 bits per heavy atom. The number of carbonyl (C=O) groups is 1. The predicted octanol–water partition coefficient (Wildman–Crippen LogP) is 5.55. The molecule has 2 aliphatic carbocycles. The normalized spacial score (nSPS) is 34.2. The van der Waals surface area contributed by atoms with Gasteiger partial charge in [0.2, 0.25) is 5.88 Å². The summed E-state index contributed by atoms with van der Waals surface area (Å²) >= 11 is 0. The summed E-state index contributed by atoms with van der Waals surface area (Å²) in [5, 5.41) is 21.6. The Hall–Kier alpha value is -2.17. The van der Waals surface area contributed by atoms with Crippen LogP contribution in [-0.4, -0.2) is 26.6 Å². The van der Waals surface area contributed by atoms with E-state index >= 15 is 0 Å². The van der Waals surface area contributed by atoms with Crippen molar-refractivity contribution in [3.05, 3.63) is 18.2 Å². The molecule has 5 heteroatoms. The van der Waals surface area contributed by atoms with Gasteiger partial charge in [-0.3, -0.25) is 9.78 Å². The minimum Gasteiger partial charge on any atom is -0.494 e. The molecule has 4 unspecified atom stereocenters. The van der Waals surface area contributed by atoms with Gasteiger partial charge in [0.15, 0.2) is 5.88 Å². The summed E-state index contributed by atoms with van der Waals surface area (Å²) in [5.41, 5.74) is -1.07. The first-order valence-electron chi connectivity index (χ1n) is 10.8. The molecule has 0 radical (unpaired) electrons. The maximum absolute atomic E-state index is 12.9. The Kier molecular flexibility index (Phi) is 4.45. The number of ketones is 1. The Morgan fingerprint density at radius 2 is 1.90 bits per heavy atom. The third kappa shape index (κ3) is 2.55. The number of Topliss-reactive ketones (excluding diaryl/α,β-unsaturated/α-hetero) is 1. The third-order valence-electron chi connectivity index (χ3n) is 8.60. The fourth-order valence-corrected chi connectivity index (χ4v) is 6.39. The standard InChI is InChI=1S/C24H33NO4/c1-6-23(5)14(2)10-11-17-22(3,4)18(26)12-13-24(17,23)29-16-9-7-8-15-19(16)21(28)25-20(15)27/h7-9,14,17,25,27-28H,6,10-13H2,1-5H3. The van der Waals surface area contributed by atoms with E-state index in [0.717, 1.165) is 19.3 Å². The summed E-state index contributed by atoms with van der Waals surface area (Å²) in [6, 6.07) is 5.46. The summed E-state index contributed by atoms with van der Waals surface area (Å²) < 4.78 is 6.97. The van der Waals surface area contributed by atoms with Crippen molar-refractivity contribution in [2.75, 3.05) is 0 Å². The van der Waals surface area contributed by atoms with E-state index in [-0.39, 0.29) is 23.1 Å². The number of benzene rings is 1. The molecule has 0 saturated heterocycles. The first-order chi connectivity index (χ1) is 13.6. The molecule has 29 heavy (non-hydrogen) atoms. The quantitative estimate of drug-likeness (QED) is 0.632. The van der Waals surface area contributed by atoms with E-state index in [1.54, 1.807) is 6.07 Å². The lowest BCUT2D eigenvalue weighted by Gasteiger charge is -2.63. The van der Waals surface area contributed by atoms with Crippen LogP contribution in [0.3, 0.4) is 0 Å². The van der Waals surface area contributed by atoms with Crippen LogP contribution in [0.25, 0.3) is 10.8 Å². The van der Waals surface area contributed by atoms with Crippen LogP contribution in [0.15, 0.2) is 18.2 Å². The van der Waals surface area contributed by atoms with Crippen LogP contribution in [0.1, 0.15) is 66.7 Å². The van der Waals surface area contributed by atoms with Crippen LogP contribution < -0.4 is 4.74 Å². The van der Waals surface area contributed by atoms with Crippen molar-refractivity contribution in [2.24, 2.45) is 22.7 Å². The number of aromatic nitrogens is 1. The highest BCUT2D eigenvalue weighted by molar-refractivity contribution is 5.97. The van der Waals surface area contributed by atoms with Crippen molar-refractivity contribution < 1.29 is 19.7 Å². The van der Waals surface area contributed by atoms with Gasteiger partial charge in [0.05, 0.1) is 10.8 Å². The molecule has 2 saturated carbocycles. The average Bonchev–Trinajstić information content (AvgIpc) is 2.97. The van der Waals surface area contributed by atoms with Crippen LogP contribution in [0.2, 0.25) is 0 Å². The molecule has 1 aromatic carbocycles. The zero-order chi connectivity index (χ0) is 21.2. The number of hydrogen-bond donors (Lipinski definition) is 3. The first kappa shape index (κ1) is 20.1. The molecule has 2 aliphatic rings. The molecule has 1 aromatic heterocycles. The molecule has 2 fully saturated rings. The molecular weight excluding hydrogens is 366 g/mol. The Balaban J connectivity index is 1.93. The van der Waals surface area contributed by atoms with Crippen LogP contribution in [0.5, 0.6) is 17.5 Å². The van der Waals surface area contributed by atoms with E-state index in [4.69, 9.17) is 4.74 Å². The fourth-order valence-electron chi connectivity index (χ4n) is 6.39. The van der Waals surface area contributed by atoms with Gasteiger partial charge in [-0.1, -0.05) is 40.7 Å². The van der Waals surface area contributed by atoms with Gasteiger partial charge in [-0.25, -0.2) is 0 Å². The largest absolute Gasteiger partial charge is 0.494 e.